The van der Waals surface area contributed by atoms with Crippen LogP contribution in [-0.4, -0.2) is 42.0 Å². The summed E-state index contributed by atoms with van der Waals surface area (Å²) in [6.45, 7) is 4.43. The monoisotopic (exact) mass is 329 g/mol. The summed E-state index contributed by atoms with van der Waals surface area (Å²) in [6, 6.07) is 17.6. The summed E-state index contributed by atoms with van der Waals surface area (Å²) in [4.78, 5) is 14.7. The van der Waals surface area contributed by atoms with Gasteiger partial charge in [-0.25, -0.2) is 5.01 Å². The fourth-order valence-electron chi connectivity index (χ4n) is 2.71. The number of rotatable bonds is 4. The summed E-state index contributed by atoms with van der Waals surface area (Å²) in [5, 5.41) is 2.44. The van der Waals surface area contributed by atoms with Crippen LogP contribution in [0.3, 0.4) is 0 Å². The van der Waals surface area contributed by atoms with Crippen molar-refractivity contribution in [2.24, 2.45) is 0 Å². The minimum Gasteiger partial charge on any atom is -0.296 e. The van der Waals surface area contributed by atoms with Gasteiger partial charge in [0.15, 0.2) is 0 Å². The number of halogens is 1. The molecule has 1 amide bonds. The van der Waals surface area contributed by atoms with Gasteiger partial charge in [-0.3, -0.25) is 15.1 Å². The lowest BCUT2D eigenvalue weighted by Gasteiger charge is -2.34. The highest BCUT2D eigenvalue weighted by Gasteiger charge is 2.19. The normalized spacial score (nSPS) is 16.2. The van der Waals surface area contributed by atoms with E-state index >= 15 is 0 Å². The van der Waals surface area contributed by atoms with E-state index in [1.807, 2.05) is 23.2 Å². The van der Waals surface area contributed by atoms with Crippen molar-refractivity contribution in [3.63, 3.8) is 0 Å². The molecule has 1 fully saturated rings. The SMILES string of the molecule is O=C(NN1CCN(Cc2ccccc2)CC1)c1ccccc1Cl. The van der Waals surface area contributed by atoms with Gasteiger partial charge in [0.25, 0.3) is 5.91 Å². The molecule has 5 heteroatoms. The van der Waals surface area contributed by atoms with Crippen LogP contribution in [0.4, 0.5) is 0 Å². The Kier molecular flexibility index (Phi) is 5.28. The molecule has 3 rings (SSSR count). The molecule has 120 valence electrons. The average molecular weight is 330 g/mol. The largest absolute Gasteiger partial charge is 0.296 e. The van der Waals surface area contributed by atoms with Crippen LogP contribution in [0.25, 0.3) is 0 Å². The quantitative estimate of drug-likeness (QED) is 0.937. The van der Waals surface area contributed by atoms with Crippen molar-refractivity contribution in [3.05, 3.63) is 70.7 Å². The van der Waals surface area contributed by atoms with Gasteiger partial charge in [-0.1, -0.05) is 54.1 Å². The first kappa shape index (κ1) is 16.0. The number of hydrazine groups is 1. The first-order chi connectivity index (χ1) is 11.2. The Labute approximate surface area is 141 Å². The minimum absolute atomic E-state index is 0.146. The van der Waals surface area contributed by atoms with Crippen molar-refractivity contribution in [1.82, 2.24) is 15.3 Å². The van der Waals surface area contributed by atoms with E-state index < -0.39 is 0 Å². The Morgan fingerprint density at radius 2 is 1.61 bits per heavy atom. The van der Waals surface area contributed by atoms with Gasteiger partial charge in [0, 0.05) is 32.7 Å². The van der Waals surface area contributed by atoms with Gasteiger partial charge in [0.05, 0.1) is 10.6 Å². The lowest BCUT2D eigenvalue weighted by Crippen LogP contribution is -2.53. The van der Waals surface area contributed by atoms with Gasteiger partial charge in [0.1, 0.15) is 0 Å². The maximum absolute atomic E-state index is 12.3. The van der Waals surface area contributed by atoms with Crippen molar-refractivity contribution >= 4 is 17.5 Å². The maximum Gasteiger partial charge on any atom is 0.267 e. The molecule has 0 bridgehead atoms. The van der Waals surface area contributed by atoms with Gasteiger partial charge in [-0.15, -0.1) is 0 Å². The van der Waals surface area contributed by atoms with Gasteiger partial charge < -0.3 is 0 Å². The van der Waals surface area contributed by atoms with Crippen molar-refractivity contribution < 1.29 is 4.79 Å². The second-order valence-electron chi connectivity index (χ2n) is 5.67. The summed E-state index contributed by atoms with van der Waals surface area (Å²) in [6.07, 6.45) is 0. The number of amides is 1. The highest BCUT2D eigenvalue weighted by molar-refractivity contribution is 6.33. The van der Waals surface area contributed by atoms with Crippen LogP contribution in [0.15, 0.2) is 54.6 Å². The number of hydrogen-bond acceptors (Lipinski definition) is 3. The zero-order valence-corrected chi connectivity index (χ0v) is 13.7. The summed E-state index contributed by atoms with van der Waals surface area (Å²) < 4.78 is 0. The number of hydrogen-bond donors (Lipinski definition) is 1. The molecular formula is C18H20ClN3O. The lowest BCUT2D eigenvalue weighted by atomic mass is 10.2. The fraction of sp³-hybridized carbons (Fsp3) is 0.278. The second-order valence-corrected chi connectivity index (χ2v) is 6.08. The van der Waals surface area contributed by atoms with Gasteiger partial charge in [0.2, 0.25) is 0 Å². The Balaban J connectivity index is 1.49. The van der Waals surface area contributed by atoms with E-state index in [9.17, 15) is 4.79 Å². The smallest absolute Gasteiger partial charge is 0.267 e. The van der Waals surface area contributed by atoms with Crippen LogP contribution in [0.1, 0.15) is 15.9 Å². The predicted molar refractivity (Wildman–Crippen MR) is 92.2 cm³/mol. The Bertz CT molecular complexity index is 654. The molecule has 0 radical (unpaired) electrons. The van der Waals surface area contributed by atoms with Crippen LogP contribution in [0, 0.1) is 0 Å². The number of benzene rings is 2. The molecule has 1 aliphatic rings. The highest BCUT2D eigenvalue weighted by Crippen LogP contribution is 2.15. The third-order valence-corrected chi connectivity index (χ3v) is 4.33. The topological polar surface area (TPSA) is 35.6 Å². The van der Waals surface area contributed by atoms with Crippen LogP contribution >= 0.6 is 11.6 Å². The second kappa shape index (κ2) is 7.59. The molecule has 1 saturated heterocycles. The summed E-state index contributed by atoms with van der Waals surface area (Å²) in [7, 11) is 0. The average Bonchev–Trinajstić information content (AvgIpc) is 2.58. The van der Waals surface area contributed by atoms with E-state index in [0.29, 0.717) is 10.6 Å². The molecule has 0 atom stereocenters. The number of carbonyl (C=O) groups excluding carboxylic acids is 1. The molecule has 4 nitrogen and oxygen atoms in total. The van der Waals surface area contributed by atoms with Crippen LogP contribution in [0.2, 0.25) is 5.02 Å². The third kappa shape index (κ3) is 4.32. The fourth-order valence-corrected chi connectivity index (χ4v) is 2.93. The van der Waals surface area contributed by atoms with E-state index in [4.69, 9.17) is 11.6 Å². The molecule has 23 heavy (non-hydrogen) atoms. The van der Waals surface area contributed by atoms with Gasteiger partial charge in [-0.05, 0) is 17.7 Å². The van der Waals surface area contributed by atoms with Gasteiger partial charge in [-0.2, -0.15) is 0 Å². The molecular weight excluding hydrogens is 310 g/mol. The molecule has 1 aliphatic heterocycles. The van der Waals surface area contributed by atoms with Crippen LogP contribution in [-0.2, 0) is 6.54 Å². The molecule has 0 spiro atoms. The third-order valence-electron chi connectivity index (χ3n) is 4.00. The Morgan fingerprint density at radius 1 is 0.957 bits per heavy atom. The van der Waals surface area contributed by atoms with Crippen molar-refractivity contribution in [2.75, 3.05) is 26.2 Å². The van der Waals surface area contributed by atoms with E-state index in [0.717, 1.165) is 32.7 Å². The highest BCUT2D eigenvalue weighted by atomic mass is 35.5. The molecule has 2 aromatic carbocycles. The molecule has 0 aromatic heterocycles. The van der Waals surface area contributed by atoms with Crippen molar-refractivity contribution in [1.29, 1.82) is 0 Å². The first-order valence-electron chi connectivity index (χ1n) is 7.79. The van der Waals surface area contributed by atoms with E-state index in [1.165, 1.54) is 5.56 Å². The first-order valence-corrected chi connectivity index (χ1v) is 8.17. The van der Waals surface area contributed by atoms with Crippen molar-refractivity contribution in [2.45, 2.75) is 6.54 Å². The van der Waals surface area contributed by atoms with E-state index in [-0.39, 0.29) is 5.91 Å². The van der Waals surface area contributed by atoms with E-state index in [2.05, 4.69) is 34.6 Å². The molecule has 1 N–H and O–H groups in total. The summed E-state index contributed by atoms with van der Waals surface area (Å²) in [5.74, 6) is -0.146. The Hall–Kier alpha value is -1.88. The van der Waals surface area contributed by atoms with Crippen LogP contribution in [0.5, 0.6) is 0 Å². The summed E-state index contributed by atoms with van der Waals surface area (Å²) in [5.41, 5.74) is 4.78. The zero-order chi connectivity index (χ0) is 16.1. The summed E-state index contributed by atoms with van der Waals surface area (Å²) >= 11 is 6.06. The molecule has 0 aliphatic carbocycles. The number of carbonyl (C=O) groups is 1. The lowest BCUT2D eigenvalue weighted by molar-refractivity contribution is 0.0605. The Morgan fingerprint density at radius 3 is 2.30 bits per heavy atom. The number of nitrogens with one attached hydrogen (secondary N) is 1. The van der Waals surface area contributed by atoms with Crippen molar-refractivity contribution in [3.8, 4) is 0 Å². The predicted octanol–water partition coefficient (Wildman–Crippen LogP) is 2.80. The molecule has 0 saturated carbocycles. The van der Waals surface area contributed by atoms with Crippen LogP contribution < -0.4 is 5.43 Å². The minimum atomic E-state index is -0.146. The molecule has 1 heterocycles. The zero-order valence-electron chi connectivity index (χ0n) is 12.9. The number of nitrogens with zero attached hydrogens (tertiary/aromatic N) is 2. The standard InChI is InChI=1S/C18H20ClN3O/c19-17-9-5-4-8-16(17)18(23)20-22-12-10-21(11-13-22)14-15-6-2-1-3-7-15/h1-9H,10-14H2,(H,20,23). The van der Waals surface area contributed by atoms with E-state index in [1.54, 1.807) is 12.1 Å². The van der Waals surface area contributed by atoms with Gasteiger partial charge >= 0.3 is 0 Å². The maximum atomic E-state index is 12.3. The molecule has 2 aromatic rings. The molecule has 0 unspecified atom stereocenters. The number of piperazine rings is 1.